The zero-order chi connectivity index (χ0) is 13.4. The van der Waals surface area contributed by atoms with Crippen molar-refractivity contribution in [2.45, 2.75) is 31.3 Å². The highest BCUT2D eigenvalue weighted by Gasteiger charge is 2.38. The van der Waals surface area contributed by atoms with Gasteiger partial charge in [0, 0.05) is 19.6 Å². The van der Waals surface area contributed by atoms with Crippen molar-refractivity contribution < 1.29 is 14.7 Å². The molecule has 0 aromatic heterocycles. The Morgan fingerprint density at radius 2 is 2.06 bits per heavy atom. The number of hydrogen-bond acceptors (Lipinski definition) is 4. The van der Waals surface area contributed by atoms with E-state index < -0.39 is 11.6 Å². The van der Waals surface area contributed by atoms with Crippen molar-refractivity contribution in [1.29, 1.82) is 0 Å². The lowest BCUT2D eigenvalue weighted by Crippen LogP contribution is -2.61. The first-order chi connectivity index (χ1) is 8.61. The van der Waals surface area contributed by atoms with Crippen LogP contribution in [0.1, 0.15) is 25.7 Å². The Kier molecular flexibility index (Phi) is 5.80. The molecule has 18 heavy (non-hydrogen) atoms. The van der Waals surface area contributed by atoms with Crippen LogP contribution in [0.3, 0.4) is 0 Å². The zero-order valence-electron chi connectivity index (χ0n) is 10.5. The van der Waals surface area contributed by atoms with Gasteiger partial charge in [-0.3, -0.25) is 9.69 Å². The molecule has 6 nitrogen and oxygen atoms in total. The minimum Gasteiger partial charge on any atom is -0.479 e. The van der Waals surface area contributed by atoms with Crippen molar-refractivity contribution in [3.63, 3.8) is 0 Å². The second-order valence-electron chi connectivity index (χ2n) is 4.44. The number of nitrogens with two attached hydrogens (primary N) is 1. The molecular weight excluding hydrogens is 234 g/mol. The van der Waals surface area contributed by atoms with Crippen LogP contribution in [-0.2, 0) is 9.59 Å². The Morgan fingerprint density at radius 3 is 2.61 bits per heavy atom. The average molecular weight is 255 g/mol. The van der Waals surface area contributed by atoms with Gasteiger partial charge in [0.2, 0.25) is 6.41 Å². The molecule has 0 aliphatic carbocycles. The van der Waals surface area contributed by atoms with Gasteiger partial charge in [0.25, 0.3) is 0 Å². The lowest BCUT2D eigenvalue weighted by Gasteiger charge is -2.37. The minimum atomic E-state index is -1.43. The summed E-state index contributed by atoms with van der Waals surface area (Å²) in [6.45, 7) is 1.90. The van der Waals surface area contributed by atoms with Gasteiger partial charge in [-0.2, -0.15) is 0 Å². The van der Waals surface area contributed by atoms with Crippen molar-refractivity contribution in [3.05, 3.63) is 12.2 Å². The molecule has 6 heteroatoms. The molecule has 0 aromatic rings. The van der Waals surface area contributed by atoms with Crippen LogP contribution in [0.4, 0.5) is 0 Å². The third-order valence-electron chi connectivity index (χ3n) is 3.13. The SMILES string of the molecule is NC(/C=C/CCNC=O)(C(=O)O)N1CCCCC1. The molecule has 0 spiro atoms. The number of carbonyl (C=O) groups excluding carboxylic acids is 1. The van der Waals surface area contributed by atoms with Gasteiger partial charge >= 0.3 is 5.97 Å². The molecular formula is C12H21N3O3. The Bertz CT molecular complexity index is 314. The quantitative estimate of drug-likeness (QED) is 0.335. The van der Waals surface area contributed by atoms with E-state index in [0.29, 0.717) is 32.5 Å². The number of carbonyl (C=O) groups is 2. The summed E-state index contributed by atoms with van der Waals surface area (Å²) in [4.78, 5) is 23.2. The normalized spacial score (nSPS) is 20.5. The van der Waals surface area contributed by atoms with Crippen LogP contribution in [-0.4, -0.2) is 47.7 Å². The van der Waals surface area contributed by atoms with Crippen LogP contribution in [0.15, 0.2) is 12.2 Å². The Morgan fingerprint density at radius 1 is 1.39 bits per heavy atom. The number of aliphatic carboxylic acids is 1. The number of nitrogens with zero attached hydrogens (tertiary/aromatic N) is 1. The first kappa shape index (κ1) is 14.7. The number of nitrogens with one attached hydrogen (secondary N) is 1. The molecule has 4 N–H and O–H groups in total. The Balaban J connectivity index is 2.61. The third kappa shape index (κ3) is 3.82. The standard InChI is InChI=1S/C12H21N3O3/c13-12(11(17)18,6-2-3-7-14-10-16)15-8-4-1-5-9-15/h2,6,10H,1,3-5,7-9,13H2,(H,14,16)(H,17,18)/b6-2+. The molecule has 1 aliphatic heterocycles. The van der Waals surface area contributed by atoms with Gasteiger partial charge in [-0.25, -0.2) is 4.79 Å². The summed E-state index contributed by atoms with van der Waals surface area (Å²) in [6, 6.07) is 0. The van der Waals surface area contributed by atoms with E-state index in [-0.39, 0.29) is 0 Å². The lowest BCUT2D eigenvalue weighted by molar-refractivity contribution is -0.148. The van der Waals surface area contributed by atoms with Crippen LogP contribution in [0.5, 0.6) is 0 Å². The van der Waals surface area contributed by atoms with E-state index in [1.807, 2.05) is 0 Å². The lowest BCUT2D eigenvalue weighted by atomic mass is 10.0. The van der Waals surface area contributed by atoms with Gasteiger partial charge < -0.3 is 16.2 Å². The molecule has 1 amide bonds. The summed E-state index contributed by atoms with van der Waals surface area (Å²) in [5, 5.41) is 11.8. The fraction of sp³-hybridized carbons (Fsp3) is 0.667. The predicted octanol–water partition coefficient (Wildman–Crippen LogP) is -0.0958. The number of likely N-dealkylation sites (tertiary alicyclic amines) is 1. The molecule has 1 rings (SSSR count). The van der Waals surface area contributed by atoms with Gasteiger partial charge in [0.05, 0.1) is 0 Å². The highest BCUT2D eigenvalue weighted by molar-refractivity contribution is 5.80. The van der Waals surface area contributed by atoms with Gasteiger partial charge in [-0.05, 0) is 25.3 Å². The molecule has 1 aliphatic rings. The molecule has 0 bridgehead atoms. The first-order valence-corrected chi connectivity index (χ1v) is 6.23. The van der Waals surface area contributed by atoms with E-state index in [0.717, 1.165) is 19.3 Å². The Hall–Kier alpha value is -1.40. The fourth-order valence-electron chi connectivity index (χ4n) is 2.06. The minimum absolute atomic E-state index is 0.482. The van der Waals surface area contributed by atoms with Gasteiger partial charge in [0.15, 0.2) is 5.66 Å². The molecule has 1 unspecified atom stereocenters. The van der Waals surface area contributed by atoms with Crippen LogP contribution < -0.4 is 11.1 Å². The van der Waals surface area contributed by atoms with Gasteiger partial charge in [-0.15, -0.1) is 0 Å². The van der Waals surface area contributed by atoms with E-state index in [9.17, 15) is 14.7 Å². The second-order valence-corrected chi connectivity index (χ2v) is 4.44. The topological polar surface area (TPSA) is 95.7 Å². The number of amides is 1. The Labute approximate surface area is 107 Å². The monoisotopic (exact) mass is 255 g/mol. The molecule has 1 atom stereocenters. The van der Waals surface area contributed by atoms with Crippen molar-refractivity contribution in [2.75, 3.05) is 19.6 Å². The number of carboxylic acids is 1. The van der Waals surface area contributed by atoms with Gasteiger partial charge in [0.1, 0.15) is 0 Å². The first-order valence-electron chi connectivity index (χ1n) is 6.23. The number of rotatable bonds is 7. The van der Waals surface area contributed by atoms with Gasteiger partial charge in [-0.1, -0.05) is 12.5 Å². The van der Waals surface area contributed by atoms with E-state index >= 15 is 0 Å². The van der Waals surface area contributed by atoms with E-state index in [2.05, 4.69) is 5.32 Å². The third-order valence-corrected chi connectivity index (χ3v) is 3.13. The van der Waals surface area contributed by atoms with Crippen LogP contribution in [0.25, 0.3) is 0 Å². The van der Waals surface area contributed by atoms with Crippen LogP contribution >= 0.6 is 0 Å². The summed E-state index contributed by atoms with van der Waals surface area (Å²) in [5.41, 5.74) is 4.55. The van der Waals surface area contributed by atoms with E-state index in [1.165, 1.54) is 6.08 Å². The summed E-state index contributed by atoms with van der Waals surface area (Å²) in [6.07, 6.45) is 7.50. The number of piperidine rings is 1. The summed E-state index contributed by atoms with van der Waals surface area (Å²) >= 11 is 0. The van der Waals surface area contributed by atoms with E-state index in [4.69, 9.17) is 5.73 Å². The molecule has 0 saturated carbocycles. The highest BCUT2D eigenvalue weighted by atomic mass is 16.4. The molecule has 1 heterocycles. The molecule has 1 fully saturated rings. The van der Waals surface area contributed by atoms with Crippen LogP contribution in [0.2, 0.25) is 0 Å². The predicted molar refractivity (Wildman–Crippen MR) is 67.8 cm³/mol. The molecule has 102 valence electrons. The van der Waals surface area contributed by atoms with Crippen LogP contribution in [0, 0.1) is 0 Å². The number of hydrogen-bond donors (Lipinski definition) is 3. The van der Waals surface area contributed by atoms with Crippen molar-refractivity contribution in [3.8, 4) is 0 Å². The summed E-state index contributed by atoms with van der Waals surface area (Å²) < 4.78 is 0. The molecule has 1 saturated heterocycles. The second kappa shape index (κ2) is 7.13. The highest BCUT2D eigenvalue weighted by Crippen LogP contribution is 2.18. The van der Waals surface area contributed by atoms with Crippen molar-refractivity contribution >= 4 is 12.4 Å². The molecule has 0 radical (unpaired) electrons. The smallest absolute Gasteiger partial charge is 0.343 e. The largest absolute Gasteiger partial charge is 0.479 e. The fourth-order valence-corrected chi connectivity index (χ4v) is 2.06. The number of carboxylic acid groups (broad SMARTS) is 1. The van der Waals surface area contributed by atoms with E-state index in [1.54, 1.807) is 11.0 Å². The maximum absolute atomic E-state index is 11.4. The van der Waals surface area contributed by atoms with Crippen molar-refractivity contribution in [2.24, 2.45) is 5.73 Å². The average Bonchev–Trinajstić information content (AvgIpc) is 2.39. The summed E-state index contributed by atoms with van der Waals surface area (Å²) in [5.74, 6) is -1.04. The van der Waals surface area contributed by atoms with Crippen molar-refractivity contribution in [1.82, 2.24) is 10.2 Å². The maximum Gasteiger partial charge on any atom is 0.343 e. The summed E-state index contributed by atoms with van der Waals surface area (Å²) in [7, 11) is 0. The zero-order valence-corrected chi connectivity index (χ0v) is 10.5. The molecule has 0 aromatic carbocycles. The maximum atomic E-state index is 11.4.